The first-order valence-electron chi connectivity index (χ1n) is 6.74. The summed E-state index contributed by atoms with van der Waals surface area (Å²) in [6.45, 7) is 7.07. The van der Waals surface area contributed by atoms with E-state index in [2.05, 4.69) is 12.2 Å². The Balaban J connectivity index is 2.39. The molecule has 1 saturated heterocycles. The zero-order valence-corrected chi connectivity index (χ0v) is 11.5. The van der Waals surface area contributed by atoms with Gasteiger partial charge < -0.3 is 15.3 Å². The summed E-state index contributed by atoms with van der Waals surface area (Å²) in [5.74, 6) is -0.723. The zero-order chi connectivity index (χ0) is 13.7. The highest BCUT2D eigenvalue weighted by Crippen LogP contribution is 2.20. The van der Waals surface area contributed by atoms with Crippen molar-refractivity contribution in [3.05, 3.63) is 0 Å². The fourth-order valence-electron chi connectivity index (χ4n) is 2.17. The first-order chi connectivity index (χ1) is 8.45. The fourth-order valence-corrected chi connectivity index (χ4v) is 2.17. The quantitative estimate of drug-likeness (QED) is 0.807. The maximum atomic E-state index is 12.0. The van der Waals surface area contributed by atoms with E-state index in [1.54, 1.807) is 18.7 Å². The topological polar surface area (TPSA) is 69.6 Å². The highest BCUT2D eigenvalue weighted by atomic mass is 16.4. The monoisotopic (exact) mass is 256 g/mol. The Bertz CT molecular complexity index is 299. The number of rotatable bonds is 4. The van der Waals surface area contributed by atoms with Crippen LogP contribution in [0.4, 0.5) is 4.79 Å². The van der Waals surface area contributed by atoms with Gasteiger partial charge in [-0.1, -0.05) is 13.3 Å². The maximum Gasteiger partial charge on any atom is 0.317 e. The molecule has 0 aromatic heterocycles. The lowest BCUT2D eigenvalue weighted by Gasteiger charge is -2.32. The number of carbonyl (C=O) groups is 2. The lowest BCUT2D eigenvalue weighted by molar-refractivity contribution is -0.141. The van der Waals surface area contributed by atoms with Gasteiger partial charge in [0, 0.05) is 19.1 Å². The number of urea groups is 1. The summed E-state index contributed by atoms with van der Waals surface area (Å²) in [6.07, 6.45) is 3.27. The molecule has 1 rings (SSSR count). The Morgan fingerprint density at radius 2 is 1.89 bits per heavy atom. The normalized spacial score (nSPS) is 20.3. The van der Waals surface area contributed by atoms with Crippen LogP contribution in [-0.4, -0.2) is 41.1 Å². The third-order valence-electron chi connectivity index (χ3n) is 3.97. The summed E-state index contributed by atoms with van der Waals surface area (Å²) in [4.78, 5) is 24.6. The minimum absolute atomic E-state index is 0.134. The lowest BCUT2D eigenvalue weighted by atomic mass is 9.94. The van der Waals surface area contributed by atoms with Crippen molar-refractivity contribution in [3.8, 4) is 0 Å². The second kappa shape index (κ2) is 6.61. The molecule has 0 bridgehead atoms. The molecule has 2 amide bonds. The molecule has 1 heterocycles. The molecule has 0 saturated carbocycles. The molecule has 0 radical (unpaired) electrons. The highest BCUT2D eigenvalue weighted by molar-refractivity contribution is 5.76. The number of amides is 2. The van der Waals surface area contributed by atoms with Crippen molar-refractivity contribution in [1.29, 1.82) is 0 Å². The minimum atomic E-state index is -0.882. The van der Waals surface area contributed by atoms with Crippen LogP contribution in [0.5, 0.6) is 0 Å². The highest BCUT2D eigenvalue weighted by Gasteiger charge is 2.25. The number of carboxylic acids is 1. The van der Waals surface area contributed by atoms with E-state index >= 15 is 0 Å². The third-order valence-corrected chi connectivity index (χ3v) is 3.97. The van der Waals surface area contributed by atoms with Gasteiger partial charge >= 0.3 is 12.0 Å². The Kier molecular flexibility index (Phi) is 5.44. The van der Waals surface area contributed by atoms with Crippen LogP contribution in [0.25, 0.3) is 0 Å². The van der Waals surface area contributed by atoms with E-state index in [1.807, 2.05) is 0 Å². The number of piperidine rings is 1. The predicted octanol–water partition coefficient (Wildman–Crippen LogP) is 1.93. The third kappa shape index (κ3) is 3.89. The molecule has 0 aromatic carbocycles. The average molecular weight is 256 g/mol. The number of carbonyl (C=O) groups excluding carboxylic acids is 1. The molecule has 0 spiro atoms. The molecule has 1 aliphatic heterocycles. The molecule has 2 unspecified atom stereocenters. The maximum absolute atomic E-state index is 12.0. The van der Waals surface area contributed by atoms with E-state index < -0.39 is 11.9 Å². The van der Waals surface area contributed by atoms with E-state index in [4.69, 9.17) is 5.11 Å². The van der Waals surface area contributed by atoms with E-state index in [-0.39, 0.29) is 12.1 Å². The summed E-state index contributed by atoms with van der Waals surface area (Å²) in [7, 11) is 0. The Morgan fingerprint density at radius 3 is 2.33 bits per heavy atom. The average Bonchev–Trinajstić information content (AvgIpc) is 2.37. The van der Waals surface area contributed by atoms with Crippen molar-refractivity contribution in [1.82, 2.24) is 10.2 Å². The van der Waals surface area contributed by atoms with Crippen molar-refractivity contribution in [2.24, 2.45) is 11.8 Å². The molecule has 1 aliphatic rings. The van der Waals surface area contributed by atoms with Gasteiger partial charge in [-0.15, -0.1) is 0 Å². The molecule has 2 atom stereocenters. The number of hydrogen-bond donors (Lipinski definition) is 2. The van der Waals surface area contributed by atoms with Crippen LogP contribution in [0.2, 0.25) is 0 Å². The van der Waals surface area contributed by atoms with E-state index in [1.165, 1.54) is 6.42 Å². The summed E-state index contributed by atoms with van der Waals surface area (Å²) in [5, 5.41) is 11.6. The first-order valence-corrected chi connectivity index (χ1v) is 6.74. The number of carboxylic acid groups (broad SMARTS) is 1. The molecule has 104 valence electrons. The van der Waals surface area contributed by atoms with Crippen LogP contribution in [0.3, 0.4) is 0 Å². The number of hydrogen-bond acceptors (Lipinski definition) is 2. The standard InChI is InChI=1S/C13H24N2O3/c1-4-11-5-7-15(8-6-11)13(18)14-10(3)9(2)12(16)17/h9-11H,4-8H2,1-3H3,(H,14,18)(H,16,17). The van der Waals surface area contributed by atoms with Crippen LogP contribution < -0.4 is 5.32 Å². The van der Waals surface area contributed by atoms with E-state index in [9.17, 15) is 9.59 Å². The van der Waals surface area contributed by atoms with Gasteiger partial charge in [-0.2, -0.15) is 0 Å². The number of aliphatic carboxylic acids is 1. The Hall–Kier alpha value is -1.26. The van der Waals surface area contributed by atoms with E-state index in [0.29, 0.717) is 0 Å². The van der Waals surface area contributed by atoms with Gasteiger partial charge in [-0.25, -0.2) is 4.79 Å². The van der Waals surface area contributed by atoms with Gasteiger partial charge in [0.25, 0.3) is 0 Å². The molecule has 0 aliphatic carbocycles. The number of likely N-dealkylation sites (tertiary alicyclic amines) is 1. The van der Waals surface area contributed by atoms with Crippen molar-refractivity contribution < 1.29 is 14.7 Å². The molecule has 1 fully saturated rings. The van der Waals surface area contributed by atoms with Gasteiger partial charge in [-0.05, 0) is 32.6 Å². The fraction of sp³-hybridized carbons (Fsp3) is 0.846. The zero-order valence-electron chi connectivity index (χ0n) is 11.5. The van der Waals surface area contributed by atoms with Crippen molar-refractivity contribution in [2.75, 3.05) is 13.1 Å². The van der Waals surface area contributed by atoms with Gasteiger partial charge in [0.05, 0.1) is 5.92 Å². The number of nitrogens with one attached hydrogen (secondary N) is 1. The Morgan fingerprint density at radius 1 is 1.33 bits per heavy atom. The SMILES string of the molecule is CCC1CCN(C(=O)NC(C)C(C)C(=O)O)CC1. The number of nitrogens with zero attached hydrogens (tertiary/aromatic N) is 1. The van der Waals surface area contributed by atoms with Crippen LogP contribution in [0, 0.1) is 11.8 Å². The van der Waals surface area contributed by atoms with Crippen LogP contribution in [0.15, 0.2) is 0 Å². The molecular formula is C13H24N2O3. The largest absolute Gasteiger partial charge is 0.481 e. The van der Waals surface area contributed by atoms with Crippen LogP contribution >= 0.6 is 0 Å². The first kappa shape index (κ1) is 14.8. The molecule has 18 heavy (non-hydrogen) atoms. The second-order valence-electron chi connectivity index (χ2n) is 5.20. The predicted molar refractivity (Wildman–Crippen MR) is 69.4 cm³/mol. The summed E-state index contributed by atoms with van der Waals surface area (Å²) < 4.78 is 0. The van der Waals surface area contributed by atoms with Crippen molar-refractivity contribution >= 4 is 12.0 Å². The summed E-state index contributed by atoms with van der Waals surface area (Å²) in [5.41, 5.74) is 0. The van der Waals surface area contributed by atoms with Crippen molar-refractivity contribution in [3.63, 3.8) is 0 Å². The van der Waals surface area contributed by atoms with Gasteiger partial charge in [0.2, 0.25) is 0 Å². The molecular weight excluding hydrogens is 232 g/mol. The van der Waals surface area contributed by atoms with Crippen LogP contribution in [0.1, 0.15) is 40.0 Å². The Labute approximate surface area is 109 Å². The lowest BCUT2D eigenvalue weighted by Crippen LogP contribution is -2.49. The molecule has 2 N–H and O–H groups in total. The molecule has 5 heteroatoms. The van der Waals surface area contributed by atoms with Crippen LogP contribution in [-0.2, 0) is 4.79 Å². The molecule has 5 nitrogen and oxygen atoms in total. The second-order valence-corrected chi connectivity index (χ2v) is 5.20. The molecule has 0 aromatic rings. The summed E-state index contributed by atoms with van der Waals surface area (Å²) >= 11 is 0. The summed E-state index contributed by atoms with van der Waals surface area (Å²) in [6, 6.07) is -0.482. The van der Waals surface area contributed by atoms with Gasteiger partial charge in [-0.3, -0.25) is 4.79 Å². The minimum Gasteiger partial charge on any atom is -0.481 e. The van der Waals surface area contributed by atoms with Crippen molar-refractivity contribution in [2.45, 2.75) is 46.1 Å². The van der Waals surface area contributed by atoms with Gasteiger partial charge in [0.1, 0.15) is 0 Å². The smallest absolute Gasteiger partial charge is 0.317 e. The van der Waals surface area contributed by atoms with E-state index in [0.717, 1.165) is 31.8 Å². The van der Waals surface area contributed by atoms with Gasteiger partial charge in [0.15, 0.2) is 0 Å².